The van der Waals surface area contributed by atoms with Crippen molar-refractivity contribution in [3.05, 3.63) is 93.9 Å². The number of fused-ring (bicyclic) bond motifs is 1. The lowest BCUT2D eigenvalue weighted by atomic mass is 10.0. The van der Waals surface area contributed by atoms with Gasteiger partial charge in [0.1, 0.15) is 18.4 Å². The van der Waals surface area contributed by atoms with Crippen LogP contribution in [0.4, 0.5) is 4.39 Å². The highest BCUT2D eigenvalue weighted by atomic mass is 35.5. The molecule has 11 heteroatoms. The highest BCUT2D eigenvalue weighted by Crippen LogP contribution is 2.30. The van der Waals surface area contributed by atoms with Crippen molar-refractivity contribution in [3.63, 3.8) is 0 Å². The Labute approximate surface area is 245 Å². The lowest BCUT2D eigenvalue weighted by Crippen LogP contribution is -2.43. The van der Waals surface area contributed by atoms with E-state index in [1.807, 2.05) is 30.3 Å². The maximum absolute atomic E-state index is 14.8. The number of amides is 2. The molecule has 1 heterocycles. The van der Waals surface area contributed by atoms with Gasteiger partial charge < -0.3 is 25.6 Å². The highest BCUT2D eigenvalue weighted by molar-refractivity contribution is 6.31. The number of hydrogen-bond donors (Lipinski definition) is 3. The molecule has 0 radical (unpaired) electrons. The molecule has 4 N–H and O–H groups in total. The molecule has 1 aliphatic rings. The number of benzene rings is 3. The quantitative estimate of drug-likeness (QED) is 0.250. The van der Waals surface area contributed by atoms with Crippen LogP contribution in [0.3, 0.4) is 0 Å². The number of carbonyl (C=O) groups is 3. The lowest BCUT2D eigenvalue weighted by molar-refractivity contribution is -0.137. The van der Waals surface area contributed by atoms with Gasteiger partial charge >= 0.3 is 5.97 Å². The van der Waals surface area contributed by atoms with E-state index >= 15 is 0 Å². The summed E-state index contributed by atoms with van der Waals surface area (Å²) >= 11 is 6.16. The summed E-state index contributed by atoms with van der Waals surface area (Å²) in [6.07, 6.45) is 3.01. The number of aromatic carboxylic acids is 1. The molecule has 2 amide bonds. The van der Waals surface area contributed by atoms with Gasteiger partial charge in [0.15, 0.2) is 0 Å². The molecule has 0 bridgehead atoms. The van der Waals surface area contributed by atoms with Crippen LogP contribution in [-0.4, -0.2) is 44.9 Å². The van der Waals surface area contributed by atoms with Crippen molar-refractivity contribution in [2.75, 3.05) is 6.54 Å². The van der Waals surface area contributed by atoms with Gasteiger partial charge in [-0.1, -0.05) is 35.9 Å². The number of hydrogen-bond acceptors (Lipinski definition) is 5. The van der Waals surface area contributed by atoms with Gasteiger partial charge in [0, 0.05) is 41.8 Å². The maximum Gasteiger partial charge on any atom is 0.335 e. The Kier molecular flexibility index (Phi) is 8.24. The number of nitrogens with zero attached hydrogens (tertiary/aromatic N) is 3. The van der Waals surface area contributed by atoms with Crippen molar-refractivity contribution < 1.29 is 23.9 Å². The van der Waals surface area contributed by atoms with E-state index in [0.29, 0.717) is 23.0 Å². The molecular formula is C31H27ClFN5O4. The summed E-state index contributed by atoms with van der Waals surface area (Å²) in [5.41, 5.74) is 9.16. The van der Waals surface area contributed by atoms with Gasteiger partial charge in [0.05, 0.1) is 22.7 Å². The minimum absolute atomic E-state index is 0.0344. The number of nitrogens with two attached hydrogens (primary N) is 1. The lowest BCUT2D eigenvalue weighted by Gasteiger charge is -2.22. The zero-order valence-electron chi connectivity index (χ0n) is 22.4. The summed E-state index contributed by atoms with van der Waals surface area (Å²) in [7, 11) is 0. The molecule has 0 atom stereocenters. The third kappa shape index (κ3) is 6.12. The molecule has 0 spiro atoms. The third-order valence-electron chi connectivity index (χ3n) is 7.28. The molecule has 9 nitrogen and oxygen atoms in total. The molecule has 214 valence electrons. The van der Waals surface area contributed by atoms with Crippen molar-refractivity contribution in [1.29, 1.82) is 5.26 Å². The SMILES string of the molecule is N#Cc1cn(CC(=O)N(CC(=O)NCc2cc(-c3ccc(CN)cc3)cc(Cl)c2F)C2CC2)c2ccc(C(=O)O)cc12. The van der Waals surface area contributed by atoms with E-state index < -0.39 is 17.7 Å². The monoisotopic (exact) mass is 587 g/mol. The average Bonchev–Trinajstić information content (AvgIpc) is 3.78. The molecule has 5 rings (SSSR count). The first-order valence-electron chi connectivity index (χ1n) is 13.3. The number of nitrogens with one attached hydrogen (secondary N) is 1. The van der Waals surface area contributed by atoms with Gasteiger partial charge in [-0.2, -0.15) is 5.26 Å². The second-order valence-electron chi connectivity index (χ2n) is 10.2. The van der Waals surface area contributed by atoms with Crippen molar-refractivity contribution in [2.45, 2.75) is 38.5 Å². The van der Waals surface area contributed by atoms with Gasteiger partial charge in [-0.05, 0) is 59.9 Å². The van der Waals surface area contributed by atoms with Crippen LogP contribution >= 0.6 is 11.6 Å². The Morgan fingerprint density at radius 2 is 1.86 bits per heavy atom. The van der Waals surface area contributed by atoms with E-state index in [-0.39, 0.29) is 53.3 Å². The van der Waals surface area contributed by atoms with Crippen molar-refractivity contribution in [1.82, 2.24) is 14.8 Å². The van der Waals surface area contributed by atoms with Gasteiger partial charge in [-0.3, -0.25) is 9.59 Å². The Balaban J connectivity index is 1.28. The maximum atomic E-state index is 14.8. The molecule has 0 unspecified atom stereocenters. The molecule has 1 saturated carbocycles. The molecule has 1 aliphatic carbocycles. The standard InChI is InChI=1S/C31H27ClFN5O4/c32-26-11-21(19-3-1-18(12-34)2-4-19)9-22(30(26)33)14-36-28(39)16-38(24-6-7-24)29(40)17-37-15-23(13-35)25-10-20(31(41)42)5-8-27(25)37/h1-5,8-11,15,24H,6-7,12,14,16-17,34H2,(H,36,39)(H,41,42). The summed E-state index contributed by atoms with van der Waals surface area (Å²) in [6, 6.07) is 17.0. The first-order chi connectivity index (χ1) is 20.2. The molecule has 0 saturated heterocycles. The number of aromatic nitrogens is 1. The summed E-state index contributed by atoms with van der Waals surface area (Å²) in [5, 5.41) is 21.9. The summed E-state index contributed by atoms with van der Waals surface area (Å²) in [6.45, 7) is -0.0691. The number of carboxylic acid groups (broad SMARTS) is 1. The molecule has 3 aromatic carbocycles. The first-order valence-corrected chi connectivity index (χ1v) is 13.7. The predicted octanol–water partition coefficient (Wildman–Crippen LogP) is 4.44. The molecule has 42 heavy (non-hydrogen) atoms. The summed E-state index contributed by atoms with van der Waals surface area (Å²) in [5.74, 6) is -2.53. The van der Waals surface area contributed by atoms with Crippen LogP contribution in [0.2, 0.25) is 5.02 Å². The zero-order valence-corrected chi connectivity index (χ0v) is 23.2. The molecular weight excluding hydrogens is 561 g/mol. The molecule has 0 aliphatic heterocycles. The van der Waals surface area contributed by atoms with E-state index in [1.54, 1.807) is 16.7 Å². The second kappa shape index (κ2) is 12.0. The molecule has 1 aromatic heterocycles. The third-order valence-corrected chi connectivity index (χ3v) is 7.55. The van der Waals surface area contributed by atoms with Crippen molar-refractivity contribution in [3.8, 4) is 17.2 Å². The number of halogens is 2. The molecule has 1 fully saturated rings. The van der Waals surface area contributed by atoms with Crippen LogP contribution in [0.1, 0.15) is 39.9 Å². The average molecular weight is 588 g/mol. The predicted molar refractivity (Wildman–Crippen MR) is 155 cm³/mol. The molecule has 4 aromatic rings. The second-order valence-corrected chi connectivity index (χ2v) is 10.6. The van der Waals surface area contributed by atoms with E-state index in [0.717, 1.165) is 24.0 Å². The van der Waals surface area contributed by atoms with Crippen LogP contribution in [0, 0.1) is 17.1 Å². The number of nitriles is 1. The number of carboxylic acids is 1. The van der Waals surface area contributed by atoms with Gasteiger partial charge in [0.2, 0.25) is 11.8 Å². The van der Waals surface area contributed by atoms with E-state index in [1.165, 1.54) is 29.3 Å². The summed E-state index contributed by atoms with van der Waals surface area (Å²) in [4.78, 5) is 39.1. The smallest absolute Gasteiger partial charge is 0.335 e. The first kappa shape index (κ1) is 28.8. The minimum atomic E-state index is -1.12. The fraction of sp³-hybridized carbons (Fsp3) is 0.226. The van der Waals surface area contributed by atoms with Crippen LogP contribution in [0.15, 0.2) is 60.8 Å². The van der Waals surface area contributed by atoms with E-state index in [2.05, 4.69) is 5.32 Å². The van der Waals surface area contributed by atoms with Crippen molar-refractivity contribution in [2.24, 2.45) is 5.73 Å². The summed E-state index contributed by atoms with van der Waals surface area (Å²) < 4.78 is 16.4. The Morgan fingerprint density at radius 1 is 1.12 bits per heavy atom. The number of rotatable bonds is 10. The Hall–Kier alpha value is -4.72. The Morgan fingerprint density at radius 3 is 2.50 bits per heavy atom. The normalized spacial score (nSPS) is 12.6. The Bertz CT molecular complexity index is 1740. The van der Waals surface area contributed by atoms with Gasteiger partial charge in [-0.15, -0.1) is 0 Å². The fourth-order valence-electron chi connectivity index (χ4n) is 4.87. The van der Waals surface area contributed by atoms with Gasteiger partial charge in [-0.25, -0.2) is 9.18 Å². The van der Waals surface area contributed by atoms with Gasteiger partial charge in [0.25, 0.3) is 0 Å². The number of carbonyl (C=O) groups excluding carboxylic acids is 2. The van der Waals surface area contributed by atoms with Crippen LogP contribution in [0.25, 0.3) is 22.0 Å². The van der Waals surface area contributed by atoms with Crippen LogP contribution in [0.5, 0.6) is 0 Å². The van der Waals surface area contributed by atoms with E-state index in [9.17, 15) is 29.1 Å². The minimum Gasteiger partial charge on any atom is -0.478 e. The fourth-order valence-corrected chi connectivity index (χ4v) is 5.11. The van der Waals surface area contributed by atoms with Crippen LogP contribution < -0.4 is 11.1 Å². The highest BCUT2D eigenvalue weighted by Gasteiger charge is 2.34. The largest absolute Gasteiger partial charge is 0.478 e. The topological polar surface area (TPSA) is 141 Å². The van der Waals surface area contributed by atoms with Crippen LogP contribution in [-0.2, 0) is 29.2 Å². The zero-order chi connectivity index (χ0) is 30.0. The van der Waals surface area contributed by atoms with Crippen molar-refractivity contribution >= 4 is 40.3 Å². The van der Waals surface area contributed by atoms with E-state index in [4.69, 9.17) is 17.3 Å².